The summed E-state index contributed by atoms with van der Waals surface area (Å²) in [5, 5.41) is 4.83. The van der Waals surface area contributed by atoms with Crippen LogP contribution in [0.15, 0.2) is 30.3 Å². The van der Waals surface area contributed by atoms with Gasteiger partial charge in [0, 0.05) is 43.7 Å². The van der Waals surface area contributed by atoms with Crippen molar-refractivity contribution in [3.8, 4) is 0 Å². The molecule has 1 aromatic carbocycles. The lowest BCUT2D eigenvalue weighted by atomic mass is 10.1. The second-order valence-electron chi connectivity index (χ2n) is 6.98. The highest BCUT2D eigenvalue weighted by Gasteiger charge is 2.18. The normalized spacial score (nSPS) is 21.5. The second kappa shape index (κ2) is 7.49. The van der Waals surface area contributed by atoms with E-state index in [-0.39, 0.29) is 0 Å². The Bertz CT molecular complexity index is 676. The summed E-state index contributed by atoms with van der Waals surface area (Å²) in [6.45, 7) is 4.98. The lowest BCUT2D eigenvalue weighted by Crippen LogP contribution is -2.32. The maximum Gasteiger partial charge on any atom is 0.133 e. The molecule has 2 aromatic rings. The molecule has 2 aliphatic rings. The topological polar surface area (TPSA) is 37.4 Å². The zero-order valence-electron chi connectivity index (χ0n) is 14.3. The number of nitrogens with zero attached hydrogens (tertiary/aromatic N) is 2. The van der Waals surface area contributed by atoms with Gasteiger partial charge in [0.05, 0.1) is 11.6 Å². The number of aromatic nitrogens is 1. The minimum absolute atomic E-state index is 0.386. The predicted molar refractivity (Wildman–Crippen MR) is 98.5 cm³/mol. The van der Waals surface area contributed by atoms with E-state index in [4.69, 9.17) is 9.72 Å². The summed E-state index contributed by atoms with van der Waals surface area (Å²) in [4.78, 5) is 7.48. The Balaban J connectivity index is 1.55. The summed E-state index contributed by atoms with van der Waals surface area (Å²) in [5.41, 5.74) is 2.41. The first-order valence-corrected chi connectivity index (χ1v) is 9.36. The van der Waals surface area contributed by atoms with Crippen LogP contribution in [0.3, 0.4) is 0 Å². The highest BCUT2D eigenvalue weighted by atomic mass is 16.5. The molecule has 3 heterocycles. The fraction of sp³-hybridized carbons (Fsp3) is 0.550. The average molecular weight is 325 g/mol. The van der Waals surface area contributed by atoms with Gasteiger partial charge in [-0.05, 0) is 44.2 Å². The van der Waals surface area contributed by atoms with Gasteiger partial charge in [-0.3, -0.25) is 0 Å². The van der Waals surface area contributed by atoms with E-state index in [1.54, 1.807) is 0 Å². The Labute approximate surface area is 144 Å². The molecule has 128 valence electrons. The Kier molecular flexibility index (Phi) is 4.95. The second-order valence-corrected chi connectivity index (χ2v) is 6.98. The number of benzene rings is 1. The van der Waals surface area contributed by atoms with Crippen molar-refractivity contribution in [3.05, 3.63) is 35.9 Å². The monoisotopic (exact) mass is 325 g/mol. The van der Waals surface area contributed by atoms with Crippen molar-refractivity contribution in [1.29, 1.82) is 0 Å². The molecule has 0 aliphatic carbocycles. The molecule has 0 spiro atoms. The van der Waals surface area contributed by atoms with Crippen LogP contribution < -0.4 is 10.2 Å². The SMILES string of the molecule is c1ccc2nc(N3CCCCC3)c(CNCC3CCCO3)cc2c1. The van der Waals surface area contributed by atoms with Crippen LogP contribution in [0.1, 0.15) is 37.7 Å². The summed E-state index contributed by atoms with van der Waals surface area (Å²) in [5.74, 6) is 1.17. The molecule has 2 saturated heterocycles. The highest BCUT2D eigenvalue weighted by molar-refractivity contribution is 5.81. The molecule has 2 fully saturated rings. The van der Waals surface area contributed by atoms with Gasteiger partial charge in [0.1, 0.15) is 5.82 Å². The van der Waals surface area contributed by atoms with Crippen molar-refractivity contribution in [2.45, 2.75) is 44.8 Å². The van der Waals surface area contributed by atoms with Gasteiger partial charge in [0.15, 0.2) is 0 Å². The summed E-state index contributed by atoms with van der Waals surface area (Å²) in [6, 6.07) is 10.8. The molecule has 4 nitrogen and oxygen atoms in total. The number of fused-ring (bicyclic) bond motifs is 1. The number of nitrogens with one attached hydrogen (secondary N) is 1. The molecule has 0 bridgehead atoms. The molecule has 4 rings (SSSR count). The van der Waals surface area contributed by atoms with Gasteiger partial charge >= 0.3 is 0 Å². The molecule has 0 amide bonds. The molecular formula is C20H27N3O. The number of pyridine rings is 1. The lowest BCUT2D eigenvalue weighted by molar-refractivity contribution is 0.110. The number of piperidine rings is 1. The Hall–Kier alpha value is -1.65. The van der Waals surface area contributed by atoms with E-state index in [1.807, 2.05) is 0 Å². The number of hydrogen-bond acceptors (Lipinski definition) is 4. The lowest BCUT2D eigenvalue weighted by Gasteiger charge is -2.30. The molecular weight excluding hydrogens is 298 g/mol. The van der Waals surface area contributed by atoms with Crippen LogP contribution >= 0.6 is 0 Å². The van der Waals surface area contributed by atoms with Crippen LogP contribution in [0.2, 0.25) is 0 Å². The van der Waals surface area contributed by atoms with Crippen LogP contribution in [0.5, 0.6) is 0 Å². The van der Waals surface area contributed by atoms with Crippen LogP contribution in [0.25, 0.3) is 10.9 Å². The minimum atomic E-state index is 0.386. The van der Waals surface area contributed by atoms with Gasteiger partial charge in [0.25, 0.3) is 0 Å². The maximum atomic E-state index is 5.72. The number of para-hydroxylation sites is 1. The van der Waals surface area contributed by atoms with E-state index < -0.39 is 0 Å². The third-order valence-corrected chi connectivity index (χ3v) is 5.15. The first-order valence-electron chi connectivity index (χ1n) is 9.36. The molecule has 1 aromatic heterocycles. The first kappa shape index (κ1) is 15.9. The standard InChI is InChI=1S/C20H27N3O/c1-4-10-23(11-5-1)20-17(14-21-15-18-8-6-12-24-18)13-16-7-2-3-9-19(16)22-20/h2-3,7,9,13,18,21H,1,4-6,8,10-12,14-15H2. The summed E-state index contributed by atoms with van der Waals surface area (Å²) in [7, 11) is 0. The zero-order valence-corrected chi connectivity index (χ0v) is 14.3. The Morgan fingerprint density at radius 2 is 2.00 bits per heavy atom. The van der Waals surface area contributed by atoms with Gasteiger partial charge in [-0.2, -0.15) is 0 Å². The van der Waals surface area contributed by atoms with E-state index in [0.29, 0.717) is 6.10 Å². The number of ether oxygens (including phenoxy) is 1. The van der Waals surface area contributed by atoms with Gasteiger partial charge in [-0.15, -0.1) is 0 Å². The van der Waals surface area contributed by atoms with Crippen LogP contribution in [0, 0.1) is 0 Å². The number of anilines is 1. The van der Waals surface area contributed by atoms with Crippen molar-refractivity contribution in [3.63, 3.8) is 0 Å². The van der Waals surface area contributed by atoms with Crippen molar-refractivity contribution < 1.29 is 4.74 Å². The molecule has 1 unspecified atom stereocenters. The molecule has 4 heteroatoms. The molecule has 0 saturated carbocycles. The van der Waals surface area contributed by atoms with Crippen molar-refractivity contribution >= 4 is 16.7 Å². The smallest absolute Gasteiger partial charge is 0.133 e. The molecule has 1 atom stereocenters. The van der Waals surface area contributed by atoms with Crippen LogP contribution in [0.4, 0.5) is 5.82 Å². The largest absolute Gasteiger partial charge is 0.377 e. The zero-order chi connectivity index (χ0) is 16.2. The Morgan fingerprint density at radius 1 is 1.12 bits per heavy atom. The van der Waals surface area contributed by atoms with Gasteiger partial charge in [-0.1, -0.05) is 18.2 Å². The molecule has 24 heavy (non-hydrogen) atoms. The van der Waals surface area contributed by atoms with E-state index >= 15 is 0 Å². The van der Waals surface area contributed by atoms with Gasteiger partial charge in [0.2, 0.25) is 0 Å². The van der Waals surface area contributed by atoms with E-state index in [1.165, 1.54) is 48.9 Å². The summed E-state index contributed by atoms with van der Waals surface area (Å²) >= 11 is 0. The van der Waals surface area contributed by atoms with Gasteiger partial charge < -0.3 is 15.0 Å². The fourth-order valence-corrected chi connectivity index (χ4v) is 3.83. The van der Waals surface area contributed by atoms with Crippen LogP contribution in [-0.4, -0.2) is 37.3 Å². The average Bonchev–Trinajstić information content (AvgIpc) is 3.15. The van der Waals surface area contributed by atoms with E-state index in [0.717, 1.165) is 38.3 Å². The Morgan fingerprint density at radius 3 is 2.83 bits per heavy atom. The van der Waals surface area contributed by atoms with Gasteiger partial charge in [-0.25, -0.2) is 4.98 Å². The summed E-state index contributed by atoms with van der Waals surface area (Å²) < 4.78 is 5.72. The first-order chi connectivity index (χ1) is 11.9. The van der Waals surface area contributed by atoms with Crippen molar-refractivity contribution in [2.24, 2.45) is 0 Å². The molecule has 1 N–H and O–H groups in total. The third-order valence-electron chi connectivity index (χ3n) is 5.15. The van der Waals surface area contributed by atoms with E-state index in [2.05, 4.69) is 40.5 Å². The number of hydrogen-bond donors (Lipinski definition) is 1. The minimum Gasteiger partial charge on any atom is -0.377 e. The van der Waals surface area contributed by atoms with Crippen molar-refractivity contribution in [1.82, 2.24) is 10.3 Å². The van der Waals surface area contributed by atoms with E-state index in [9.17, 15) is 0 Å². The molecule has 0 radical (unpaired) electrons. The third kappa shape index (κ3) is 3.55. The van der Waals surface area contributed by atoms with Crippen molar-refractivity contribution in [2.75, 3.05) is 31.1 Å². The number of rotatable bonds is 5. The summed E-state index contributed by atoms with van der Waals surface area (Å²) in [6.07, 6.45) is 6.66. The quantitative estimate of drug-likeness (QED) is 0.913. The van der Waals surface area contributed by atoms with Crippen LogP contribution in [-0.2, 0) is 11.3 Å². The highest BCUT2D eigenvalue weighted by Crippen LogP contribution is 2.26. The predicted octanol–water partition coefficient (Wildman–Crippen LogP) is 3.49. The molecule has 2 aliphatic heterocycles. The fourth-order valence-electron chi connectivity index (χ4n) is 3.83. The maximum absolute atomic E-state index is 5.72.